The van der Waals surface area contributed by atoms with Crippen LogP contribution in [-0.4, -0.2) is 12.3 Å². The van der Waals surface area contributed by atoms with Crippen molar-refractivity contribution in [1.29, 1.82) is 0 Å². The number of nitrogens with zero attached hydrogens (tertiary/aromatic N) is 3. The Labute approximate surface area is 181 Å². The third kappa shape index (κ3) is 4.77. The summed E-state index contributed by atoms with van der Waals surface area (Å²) in [6, 6.07) is 14.9. The fourth-order valence-electron chi connectivity index (χ4n) is 3.65. The lowest BCUT2D eigenvalue weighted by Gasteiger charge is -2.12. The first kappa shape index (κ1) is 20.3. The van der Waals surface area contributed by atoms with Crippen LogP contribution in [-0.2, 0) is 13.0 Å². The van der Waals surface area contributed by atoms with Crippen molar-refractivity contribution in [3.63, 3.8) is 0 Å². The molecule has 1 aliphatic heterocycles. The van der Waals surface area contributed by atoms with Crippen molar-refractivity contribution in [1.82, 2.24) is 0 Å². The van der Waals surface area contributed by atoms with E-state index in [4.69, 9.17) is 4.74 Å². The lowest BCUT2D eigenvalue weighted by molar-refractivity contribution is 0.306. The van der Waals surface area contributed by atoms with Crippen molar-refractivity contribution in [2.45, 2.75) is 45.6 Å². The lowest BCUT2D eigenvalue weighted by Crippen LogP contribution is -2.07. The molecule has 0 fully saturated rings. The van der Waals surface area contributed by atoms with Crippen LogP contribution in [0.2, 0.25) is 0 Å². The van der Waals surface area contributed by atoms with Crippen LogP contribution in [0.5, 0.6) is 5.75 Å². The van der Waals surface area contributed by atoms with Crippen molar-refractivity contribution in [3.05, 3.63) is 64.5 Å². The zero-order valence-corrected chi connectivity index (χ0v) is 18.2. The molecule has 0 bridgehead atoms. The summed E-state index contributed by atoms with van der Waals surface area (Å²) >= 11 is 1.82. The summed E-state index contributed by atoms with van der Waals surface area (Å²) in [5.74, 6) is 7.28. The van der Waals surface area contributed by atoms with E-state index in [0.717, 1.165) is 29.9 Å². The van der Waals surface area contributed by atoms with Crippen LogP contribution in [0.1, 0.15) is 49.3 Å². The number of ether oxygens (including phenoxy) is 1. The first-order chi connectivity index (χ1) is 14.8. The number of benzene rings is 2. The van der Waals surface area contributed by atoms with Gasteiger partial charge in [-0.1, -0.05) is 37.5 Å². The van der Waals surface area contributed by atoms with Gasteiger partial charge in [0.05, 0.1) is 11.6 Å². The quantitative estimate of drug-likeness (QED) is 0.375. The molecule has 0 amide bonds. The topological polar surface area (TPSA) is 46.3 Å². The van der Waals surface area contributed by atoms with E-state index in [1.165, 1.54) is 27.6 Å². The molecule has 2 heterocycles. The second kappa shape index (κ2) is 9.69. The molecule has 0 unspecified atom stereocenters. The number of hydrogen-bond donors (Lipinski definition) is 0. The van der Waals surface area contributed by atoms with Crippen LogP contribution in [0.4, 0.5) is 0 Å². The highest BCUT2D eigenvalue weighted by molar-refractivity contribution is 7.17. The van der Waals surface area contributed by atoms with Gasteiger partial charge in [-0.3, -0.25) is 0 Å². The number of hydrogen-bond acceptors (Lipinski definition) is 5. The highest BCUT2D eigenvalue weighted by Gasteiger charge is 2.15. The molecule has 1 aliphatic rings. The molecule has 30 heavy (non-hydrogen) atoms. The minimum Gasteiger partial charge on any atom is -0.489 e. The second-order valence-corrected chi connectivity index (χ2v) is 8.32. The van der Waals surface area contributed by atoms with Crippen LogP contribution in [0, 0.1) is 11.8 Å². The van der Waals surface area contributed by atoms with Crippen LogP contribution < -0.4 is 4.74 Å². The van der Waals surface area contributed by atoms with Crippen molar-refractivity contribution >= 4 is 27.1 Å². The van der Waals surface area contributed by atoms with E-state index in [9.17, 15) is 0 Å². The Hall–Kier alpha value is -2.97. The lowest BCUT2D eigenvalue weighted by atomic mass is 9.94. The zero-order chi connectivity index (χ0) is 20.8. The van der Waals surface area contributed by atoms with Crippen molar-refractivity contribution in [3.8, 4) is 17.6 Å². The van der Waals surface area contributed by atoms with Crippen molar-refractivity contribution in [2.24, 2.45) is 15.4 Å². The maximum absolute atomic E-state index is 6.06. The SMILES string of the molecule is CC#C[C@@H](CC1=NN=NC1)c1ccc(OCc2ccc3scc(CCC)c3c2)cc1. The fourth-order valence-corrected chi connectivity index (χ4v) is 4.63. The molecule has 0 aliphatic carbocycles. The molecule has 1 atom stereocenters. The van der Waals surface area contributed by atoms with Crippen LogP contribution in [0.25, 0.3) is 10.1 Å². The molecule has 1 aromatic heterocycles. The van der Waals surface area contributed by atoms with E-state index in [1.54, 1.807) is 0 Å². The molecular weight excluding hydrogens is 390 g/mol. The number of rotatable bonds is 8. The van der Waals surface area contributed by atoms with Gasteiger partial charge in [0.15, 0.2) is 0 Å². The maximum Gasteiger partial charge on any atom is 0.119 e. The van der Waals surface area contributed by atoms with Gasteiger partial charge in [-0.05, 0) is 70.3 Å². The summed E-state index contributed by atoms with van der Waals surface area (Å²) in [7, 11) is 0. The third-order valence-corrected chi connectivity index (χ3v) is 6.20. The van der Waals surface area contributed by atoms with E-state index in [2.05, 4.69) is 69.9 Å². The molecule has 152 valence electrons. The predicted octanol–water partition coefficient (Wildman–Crippen LogP) is 6.75. The van der Waals surface area contributed by atoms with Gasteiger partial charge in [-0.15, -0.1) is 22.4 Å². The fraction of sp³-hybridized carbons (Fsp3) is 0.320. The molecule has 4 rings (SSSR count). The summed E-state index contributed by atoms with van der Waals surface area (Å²) in [4.78, 5) is 0. The van der Waals surface area contributed by atoms with Gasteiger partial charge in [0.2, 0.25) is 0 Å². The van der Waals surface area contributed by atoms with E-state index in [0.29, 0.717) is 13.2 Å². The molecule has 0 radical (unpaired) electrons. The number of aryl methyl sites for hydroxylation is 1. The Balaban J connectivity index is 1.42. The minimum absolute atomic E-state index is 0.101. The van der Waals surface area contributed by atoms with Gasteiger partial charge in [-0.25, -0.2) is 0 Å². The molecule has 0 N–H and O–H groups in total. The molecule has 0 spiro atoms. The molecule has 0 saturated heterocycles. The summed E-state index contributed by atoms with van der Waals surface area (Å²) in [6.45, 7) is 5.24. The first-order valence-corrected chi connectivity index (χ1v) is 11.2. The average molecular weight is 416 g/mol. The molecule has 4 nitrogen and oxygen atoms in total. The van der Waals surface area contributed by atoms with E-state index >= 15 is 0 Å². The van der Waals surface area contributed by atoms with Crippen molar-refractivity contribution in [2.75, 3.05) is 6.54 Å². The summed E-state index contributed by atoms with van der Waals surface area (Å²) in [5, 5.41) is 15.4. The maximum atomic E-state index is 6.06. The van der Waals surface area contributed by atoms with E-state index < -0.39 is 0 Å². The Bertz CT molecular complexity index is 1130. The molecule has 2 aromatic carbocycles. The summed E-state index contributed by atoms with van der Waals surface area (Å²) in [6.07, 6.45) is 3.05. The minimum atomic E-state index is 0.101. The normalized spacial score (nSPS) is 13.7. The smallest absolute Gasteiger partial charge is 0.119 e. The average Bonchev–Trinajstić information content (AvgIpc) is 3.43. The van der Waals surface area contributed by atoms with Crippen LogP contribution >= 0.6 is 11.3 Å². The monoisotopic (exact) mass is 415 g/mol. The highest BCUT2D eigenvalue weighted by atomic mass is 32.1. The summed E-state index contributed by atoms with van der Waals surface area (Å²) in [5.41, 5.74) is 4.78. The number of fused-ring (bicyclic) bond motifs is 1. The Morgan fingerprint density at radius 1 is 1.17 bits per heavy atom. The Morgan fingerprint density at radius 2 is 2.03 bits per heavy atom. The van der Waals surface area contributed by atoms with Gasteiger partial charge < -0.3 is 4.74 Å². The van der Waals surface area contributed by atoms with Crippen LogP contribution in [0.15, 0.2) is 63.3 Å². The molecule has 3 aromatic rings. The molecular formula is C25H25N3OS. The van der Waals surface area contributed by atoms with Gasteiger partial charge >= 0.3 is 0 Å². The third-order valence-electron chi connectivity index (χ3n) is 5.19. The molecule has 0 saturated carbocycles. The number of thiophene rings is 1. The predicted molar refractivity (Wildman–Crippen MR) is 125 cm³/mol. The van der Waals surface area contributed by atoms with Crippen LogP contribution in [0.3, 0.4) is 0 Å². The largest absolute Gasteiger partial charge is 0.489 e. The van der Waals surface area contributed by atoms with Gasteiger partial charge in [0, 0.05) is 11.1 Å². The zero-order valence-electron chi connectivity index (χ0n) is 17.4. The van der Waals surface area contributed by atoms with Gasteiger partial charge in [0.1, 0.15) is 18.9 Å². The van der Waals surface area contributed by atoms with Crippen molar-refractivity contribution < 1.29 is 4.74 Å². The Kier molecular flexibility index (Phi) is 6.56. The van der Waals surface area contributed by atoms with E-state index in [1.807, 2.05) is 30.4 Å². The van der Waals surface area contributed by atoms with Gasteiger partial charge in [0.25, 0.3) is 0 Å². The Morgan fingerprint density at radius 3 is 2.77 bits per heavy atom. The van der Waals surface area contributed by atoms with Gasteiger partial charge in [-0.2, -0.15) is 5.11 Å². The second-order valence-electron chi connectivity index (χ2n) is 7.41. The first-order valence-electron chi connectivity index (χ1n) is 10.3. The molecule has 5 heteroatoms. The summed E-state index contributed by atoms with van der Waals surface area (Å²) < 4.78 is 7.41. The standard InChI is InChI=1S/C25H25N3OS/c1-3-5-20(14-22-15-26-28-27-22)19-8-10-23(11-9-19)29-16-18-7-12-25-24(13-18)21(6-4-2)17-30-25/h7-13,17,20H,4,6,14-16H2,1-2H3/t20-/m0/s1. The van der Waals surface area contributed by atoms with E-state index in [-0.39, 0.29) is 5.92 Å². The highest BCUT2D eigenvalue weighted by Crippen LogP contribution is 2.29.